The molecule has 0 spiro atoms. The number of rotatable bonds is 8. The van der Waals surface area contributed by atoms with Crippen molar-refractivity contribution in [3.63, 3.8) is 0 Å². The second-order valence-corrected chi connectivity index (χ2v) is 12.8. The van der Waals surface area contributed by atoms with Crippen molar-refractivity contribution in [2.75, 3.05) is 37.7 Å². The van der Waals surface area contributed by atoms with Gasteiger partial charge in [-0.2, -0.15) is 0 Å². The molecule has 40 heavy (non-hydrogen) atoms. The lowest BCUT2D eigenvalue weighted by molar-refractivity contribution is 0.0760. The maximum atomic E-state index is 15.1. The summed E-state index contributed by atoms with van der Waals surface area (Å²) in [5.74, 6) is -2.85. The summed E-state index contributed by atoms with van der Waals surface area (Å²) in [6, 6.07) is 16.3. The molecule has 6 nitrogen and oxygen atoms in total. The molecule has 1 aliphatic rings. The van der Waals surface area contributed by atoms with Gasteiger partial charge in [0.25, 0.3) is 0 Å². The lowest BCUT2D eigenvalue weighted by Gasteiger charge is -2.37. The summed E-state index contributed by atoms with van der Waals surface area (Å²) >= 11 is 5.96. The van der Waals surface area contributed by atoms with Crippen LogP contribution < -0.4 is 4.90 Å². The fraction of sp³-hybridized carbons (Fsp3) is 0.367. The average Bonchev–Trinajstić information content (AvgIpc) is 2.92. The smallest absolute Gasteiger partial charge is 0.409 e. The van der Waals surface area contributed by atoms with Crippen LogP contribution in [-0.4, -0.2) is 52.2 Å². The van der Waals surface area contributed by atoms with Gasteiger partial charge in [0.05, 0.1) is 16.8 Å². The predicted molar refractivity (Wildman–Crippen MR) is 152 cm³/mol. The molecule has 1 saturated heterocycles. The molecule has 0 aromatic heterocycles. The van der Waals surface area contributed by atoms with Crippen LogP contribution in [-0.2, 0) is 14.6 Å². The van der Waals surface area contributed by atoms with Crippen LogP contribution in [0.3, 0.4) is 0 Å². The highest BCUT2D eigenvalue weighted by molar-refractivity contribution is 7.91. The first-order valence-electron chi connectivity index (χ1n) is 13.2. The van der Waals surface area contributed by atoms with Gasteiger partial charge in [0.1, 0.15) is 11.6 Å². The zero-order valence-electron chi connectivity index (χ0n) is 22.7. The summed E-state index contributed by atoms with van der Waals surface area (Å²) in [7, 11) is -4.25. The molecule has 1 heterocycles. The number of carbonyl (C=O) groups is 1. The van der Waals surface area contributed by atoms with Gasteiger partial charge >= 0.3 is 6.09 Å². The number of ether oxygens (including phenoxy) is 1. The van der Waals surface area contributed by atoms with Gasteiger partial charge in [-0.15, -0.1) is 0 Å². The molecule has 1 amide bonds. The zero-order chi connectivity index (χ0) is 29.0. The average molecular weight is 591 g/mol. The van der Waals surface area contributed by atoms with Gasteiger partial charge in [-0.3, -0.25) is 0 Å². The van der Waals surface area contributed by atoms with Gasteiger partial charge in [-0.05, 0) is 66.9 Å². The topological polar surface area (TPSA) is 66.9 Å². The van der Waals surface area contributed by atoms with Crippen molar-refractivity contribution in [3.8, 4) is 0 Å². The second-order valence-electron chi connectivity index (χ2n) is 10.3. The van der Waals surface area contributed by atoms with Crippen molar-refractivity contribution in [2.24, 2.45) is 11.8 Å². The normalized spacial score (nSPS) is 15.7. The molecule has 10 heteroatoms. The minimum absolute atomic E-state index is 0.0881. The Labute approximate surface area is 239 Å². The van der Waals surface area contributed by atoms with E-state index in [1.807, 2.05) is 31.2 Å². The predicted octanol–water partition coefficient (Wildman–Crippen LogP) is 6.67. The SMILES string of the molecule is Cc1ccccc1N1CCN(C(=O)OC[C@H](C(C)C)[C@@H](c2cc(F)ccc2F)S(=O)(=O)c2ccc(Cl)cc2)CC1. The first kappa shape index (κ1) is 29.8. The zero-order valence-corrected chi connectivity index (χ0v) is 24.3. The first-order valence-corrected chi connectivity index (χ1v) is 15.1. The number of piperazine rings is 1. The fourth-order valence-electron chi connectivity index (χ4n) is 5.07. The lowest BCUT2D eigenvalue weighted by atomic mass is 9.89. The third-order valence-corrected chi connectivity index (χ3v) is 9.83. The maximum absolute atomic E-state index is 15.1. The largest absolute Gasteiger partial charge is 0.449 e. The Morgan fingerprint density at radius 1 is 0.975 bits per heavy atom. The highest BCUT2D eigenvalue weighted by Crippen LogP contribution is 2.40. The van der Waals surface area contributed by atoms with E-state index in [2.05, 4.69) is 4.90 Å². The summed E-state index contributed by atoms with van der Waals surface area (Å²) in [6.45, 7) is 7.39. The van der Waals surface area contributed by atoms with E-state index < -0.39 is 38.7 Å². The molecule has 0 radical (unpaired) electrons. The molecule has 4 rings (SSSR count). The summed E-state index contributed by atoms with van der Waals surface area (Å²) in [5.41, 5.74) is 1.95. The molecule has 1 fully saturated rings. The van der Waals surface area contributed by atoms with Crippen molar-refractivity contribution >= 4 is 33.2 Å². The van der Waals surface area contributed by atoms with Crippen LogP contribution in [0.1, 0.15) is 30.2 Å². The van der Waals surface area contributed by atoms with Crippen LogP contribution in [0.4, 0.5) is 19.3 Å². The van der Waals surface area contributed by atoms with Gasteiger partial charge in [-0.1, -0.05) is 43.6 Å². The number of hydrogen-bond acceptors (Lipinski definition) is 5. The number of halogens is 3. The van der Waals surface area contributed by atoms with Crippen molar-refractivity contribution < 1.29 is 26.7 Å². The first-order chi connectivity index (χ1) is 19.0. The molecule has 214 valence electrons. The Morgan fingerprint density at radius 2 is 1.62 bits per heavy atom. The van der Waals surface area contributed by atoms with E-state index in [-0.39, 0.29) is 23.0 Å². The van der Waals surface area contributed by atoms with Gasteiger partial charge in [-0.25, -0.2) is 22.0 Å². The van der Waals surface area contributed by atoms with Crippen LogP contribution >= 0.6 is 11.6 Å². The van der Waals surface area contributed by atoms with E-state index >= 15 is 4.39 Å². The summed E-state index contributed by atoms with van der Waals surface area (Å²) in [6.07, 6.45) is -0.572. The number of nitrogens with zero attached hydrogens (tertiary/aromatic N) is 2. The number of anilines is 1. The van der Waals surface area contributed by atoms with Gasteiger partial charge in [0, 0.05) is 48.4 Å². The Hall–Kier alpha value is -3.17. The standard InChI is InChI=1S/C30H33ClF2N2O4S/c1-20(2)26(19-39-30(36)35-16-14-34(15-17-35)28-7-5-4-6-21(28)3)29(25-18-23(32)10-13-27(25)33)40(37,38)24-11-8-22(31)9-12-24/h4-13,18,20,26,29H,14-17,19H2,1-3H3/t26-,29-/m1/s1. The number of para-hydroxylation sites is 1. The van der Waals surface area contributed by atoms with Crippen LogP contribution in [0.2, 0.25) is 5.02 Å². The number of amides is 1. The second kappa shape index (κ2) is 12.6. The van der Waals surface area contributed by atoms with E-state index in [9.17, 15) is 17.6 Å². The Bertz CT molecular complexity index is 1440. The van der Waals surface area contributed by atoms with Gasteiger partial charge in [0.2, 0.25) is 0 Å². The molecule has 2 atom stereocenters. The van der Waals surface area contributed by atoms with Crippen molar-refractivity contribution in [1.29, 1.82) is 0 Å². The molecule has 3 aromatic rings. The van der Waals surface area contributed by atoms with Gasteiger partial charge < -0.3 is 14.5 Å². The number of hydrogen-bond donors (Lipinski definition) is 0. The Morgan fingerprint density at radius 3 is 2.25 bits per heavy atom. The summed E-state index contributed by atoms with van der Waals surface area (Å²) < 4.78 is 62.8. The molecule has 0 saturated carbocycles. The van der Waals surface area contributed by atoms with E-state index in [0.717, 1.165) is 29.4 Å². The van der Waals surface area contributed by atoms with Crippen LogP contribution in [0.5, 0.6) is 0 Å². The molecule has 0 unspecified atom stereocenters. The highest BCUT2D eigenvalue weighted by atomic mass is 35.5. The lowest BCUT2D eigenvalue weighted by Crippen LogP contribution is -2.49. The Balaban J connectivity index is 1.55. The fourth-order valence-corrected chi connectivity index (χ4v) is 7.37. The van der Waals surface area contributed by atoms with E-state index in [1.54, 1.807) is 18.7 Å². The number of benzene rings is 3. The van der Waals surface area contributed by atoms with E-state index in [1.165, 1.54) is 24.3 Å². The monoisotopic (exact) mass is 590 g/mol. The number of carbonyl (C=O) groups excluding carboxylic acids is 1. The summed E-state index contributed by atoms with van der Waals surface area (Å²) in [5, 5.41) is -1.17. The van der Waals surface area contributed by atoms with Crippen LogP contribution in [0.25, 0.3) is 0 Å². The molecular weight excluding hydrogens is 558 g/mol. The van der Waals surface area contributed by atoms with E-state index in [4.69, 9.17) is 16.3 Å². The minimum Gasteiger partial charge on any atom is -0.449 e. The highest BCUT2D eigenvalue weighted by Gasteiger charge is 2.40. The number of aryl methyl sites for hydroxylation is 1. The van der Waals surface area contributed by atoms with Crippen molar-refractivity contribution in [1.82, 2.24) is 4.90 Å². The third-order valence-electron chi connectivity index (χ3n) is 7.38. The molecule has 0 aliphatic carbocycles. The Kier molecular flexibility index (Phi) is 9.36. The minimum atomic E-state index is -4.25. The van der Waals surface area contributed by atoms with Crippen LogP contribution in [0, 0.1) is 30.4 Å². The quantitative estimate of drug-likeness (QED) is 0.293. The van der Waals surface area contributed by atoms with E-state index in [0.29, 0.717) is 31.2 Å². The van der Waals surface area contributed by atoms with Crippen molar-refractivity contribution in [2.45, 2.75) is 30.9 Å². The molecule has 0 bridgehead atoms. The van der Waals surface area contributed by atoms with Crippen LogP contribution in [0.15, 0.2) is 71.6 Å². The molecular formula is C30H33ClF2N2O4S. The molecule has 1 aliphatic heterocycles. The number of sulfone groups is 1. The molecule has 0 N–H and O–H groups in total. The maximum Gasteiger partial charge on any atom is 0.409 e. The summed E-state index contributed by atoms with van der Waals surface area (Å²) in [4.78, 5) is 16.8. The van der Waals surface area contributed by atoms with Crippen molar-refractivity contribution in [3.05, 3.63) is 94.5 Å². The third kappa shape index (κ3) is 6.58. The molecule has 3 aromatic carbocycles. The van der Waals surface area contributed by atoms with Gasteiger partial charge in [0.15, 0.2) is 9.84 Å².